The van der Waals surface area contributed by atoms with Crippen LogP contribution in [-0.4, -0.2) is 29.2 Å². The Morgan fingerprint density at radius 3 is 2.19 bits per heavy atom. The van der Waals surface area contributed by atoms with E-state index in [1.165, 1.54) is 54.6 Å². The van der Waals surface area contributed by atoms with Crippen molar-refractivity contribution in [1.29, 1.82) is 0 Å². The van der Waals surface area contributed by atoms with Gasteiger partial charge in [0.15, 0.2) is 12.4 Å². The first kappa shape index (κ1) is 21.3. The molecule has 0 fully saturated rings. The van der Waals surface area contributed by atoms with E-state index in [-0.39, 0.29) is 22.4 Å². The van der Waals surface area contributed by atoms with Crippen LogP contribution in [0.3, 0.4) is 0 Å². The maximum absolute atomic E-state index is 12.9. The number of ether oxygens (including phenoxy) is 1. The fourth-order valence-electron chi connectivity index (χ4n) is 2.60. The predicted molar refractivity (Wildman–Crippen MR) is 109 cm³/mol. The number of nitrogens with one attached hydrogen (secondary N) is 1. The number of hydrogen-bond donors (Lipinski definition) is 1. The number of benzene rings is 3. The predicted octanol–water partition coefficient (Wildman–Crippen LogP) is 4.03. The van der Waals surface area contributed by atoms with Gasteiger partial charge in [0.2, 0.25) is 0 Å². The van der Waals surface area contributed by atoms with E-state index in [1.807, 2.05) is 0 Å². The molecule has 8 nitrogen and oxygen atoms in total. The van der Waals surface area contributed by atoms with Crippen LogP contribution in [0.25, 0.3) is 0 Å². The van der Waals surface area contributed by atoms with Crippen molar-refractivity contribution in [3.63, 3.8) is 0 Å². The van der Waals surface area contributed by atoms with Crippen molar-refractivity contribution in [1.82, 2.24) is 0 Å². The first-order chi connectivity index (χ1) is 14.8. The van der Waals surface area contributed by atoms with Crippen LogP contribution >= 0.6 is 0 Å². The van der Waals surface area contributed by atoms with Crippen molar-refractivity contribution in [2.45, 2.75) is 0 Å². The summed E-state index contributed by atoms with van der Waals surface area (Å²) < 4.78 is 17.9. The number of non-ortho nitro benzene ring substituents is 1. The number of rotatable bonds is 7. The van der Waals surface area contributed by atoms with E-state index in [9.17, 15) is 28.9 Å². The summed E-state index contributed by atoms with van der Waals surface area (Å²) in [5.74, 6) is -2.27. The summed E-state index contributed by atoms with van der Waals surface area (Å²) in [6, 6.07) is 15.8. The third-order valence-electron chi connectivity index (χ3n) is 4.20. The van der Waals surface area contributed by atoms with E-state index in [2.05, 4.69) is 5.32 Å². The second-order valence-corrected chi connectivity index (χ2v) is 6.35. The molecule has 0 saturated carbocycles. The lowest BCUT2D eigenvalue weighted by Gasteiger charge is -2.08. The Morgan fingerprint density at radius 2 is 1.55 bits per heavy atom. The zero-order chi connectivity index (χ0) is 22.4. The number of amides is 1. The van der Waals surface area contributed by atoms with E-state index >= 15 is 0 Å². The number of hydrogen-bond acceptors (Lipinski definition) is 6. The van der Waals surface area contributed by atoms with Crippen molar-refractivity contribution >= 4 is 29.0 Å². The highest BCUT2D eigenvalue weighted by molar-refractivity contribution is 6.05. The average molecular weight is 422 g/mol. The fourth-order valence-corrected chi connectivity index (χ4v) is 2.60. The number of carbonyl (C=O) groups is 3. The fraction of sp³-hybridized carbons (Fsp3) is 0.0455. The van der Waals surface area contributed by atoms with Crippen LogP contribution < -0.4 is 5.32 Å². The first-order valence-electron chi connectivity index (χ1n) is 8.95. The van der Waals surface area contributed by atoms with Crippen LogP contribution in [0.5, 0.6) is 0 Å². The minimum Gasteiger partial charge on any atom is -0.454 e. The summed E-state index contributed by atoms with van der Waals surface area (Å²) in [6.07, 6.45) is 0. The summed E-state index contributed by atoms with van der Waals surface area (Å²) in [4.78, 5) is 46.7. The molecular weight excluding hydrogens is 407 g/mol. The standard InChI is InChI=1S/C22H15FN2O6/c23-17-8-4-14(5-9-17)20(26)13-31-22(28)16-2-1-3-18(12-16)24-21(27)15-6-10-19(11-7-15)25(29)30/h1-12H,13H2,(H,24,27). The maximum Gasteiger partial charge on any atom is 0.338 e. The summed E-state index contributed by atoms with van der Waals surface area (Å²) in [7, 11) is 0. The van der Waals surface area contributed by atoms with Gasteiger partial charge in [-0.05, 0) is 54.6 Å². The number of esters is 1. The van der Waals surface area contributed by atoms with Crippen LogP contribution in [-0.2, 0) is 4.74 Å². The van der Waals surface area contributed by atoms with Crippen molar-refractivity contribution in [2.75, 3.05) is 11.9 Å². The van der Waals surface area contributed by atoms with E-state index in [4.69, 9.17) is 4.74 Å². The zero-order valence-corrected chi connectivity index (χ0v) is 15.9. The van der Waals surface area contributed by atoms with Gasteiger partial charge in [0.05, 0.1) is 10.5 Å². The largest absolute Gasteiger partial charge is 0.454 e. The summed E-state index contributed by atoms with van der Waals surface area (Å²) >= 11 is 0. The zero-order valence-electron chi connectivity index (χ0n) is 15.9. The summed E-state index contributed by atoms with van der Waals surface area (Å²) in [5.41, 5.74) is 0.661. The minimum absolute atomic E-state index is 0.105. The molecule has 0 heterocycles. The molecule has 0 aliphatic heterocycles. The average Bonchev–Trinajstić information content (AvgIpc) is 2.78. The summed E-state index contributed by atoms with van der Waals surface area (Å²) in [6.45, 7) is -0.524. The molecule has 3 aromatic carbocycles. The molecule has 3 aromatic rings. The highest BCUT2D eigenvalue weighted by atomic mass is 19.1. The quantitative estimate of drug-likeness (QED) is 0.266. The second kappa shape index (κ2) is 9.40. The number of anilines is 1. The lowest BCUT2D eigenvalue weighted by Crippen LogP contribution is -2.15. The molecule has 0 spiro atoms. The molecule has 1 amide bonds. The van der Waals surface area contributed by atoms with Crippen molar-refractivity contribution in [3.05, 3.63) is 105 Å². The van der Waals surface area contributed by atoms with Gasteiger partial charge < -0.3 is 10.1 Å². The van der Waals surface area contributed by atoms with Gasteiger partial charge in [-0.2, -0.15) is 0 Å². The smallest absolute Gasteiger partial charge is 0.338 e. The van der Waals surface area contributed by atoms with E-state index in [1.54, 1.807) is 6.07 Å². The molecule has 9 heteroatoms. The molecule has 3 rings (SSSR count). The molecule has 0 aromatic heterocycles. The first-order valence-corrected chi connectivity index (χ1v) is 8.95. The molecule has 156 valence electrons. The molecule has 0 bridgehead atoms. The van der Waals surface area contributed by atoms with Crippen LogP contribution in [0.1, 0.15) is 31.1 Å². The van der Waals surface area contributed by atoms with Gasteiger partial charge in [-0.25, -0.2) is 9.18 Å². The summed E-state index contributed by atoms with van der Waals surface area (Å²) in [5, 5.41) is 13.3. The van der Waals surface area contributed by atoms with Gasteiger partial charge in [0.25, 0.3) is 11.6 Å². The Kier molecular flexibility index (Phi) is 6.46. The normalized spacial score (nSPS) is 10.2. The van der Waals surface area contributed by atoms with E-state index in [0.29, 0.717) is 5.69 Å². The van der Waals surface area contributed by atoms with Crippen LogP contribution in [0.4, 0.5) is 15.8 Å². The van der Waals surface area contributed by atoms with Crippen molar-refractivity contribution in [3.8, 4) is 0 Å². The lowest BCUT2D eigenvalue weighted by atomic mass is 10.1. The molecule has 0 saturated heterocycles. The van der Waals surface area contributed by atoms with Crippen LogP contribution in [0, 0.1) is 15.9 Å². The highest BCUT2D eigenvalue weighted by Crippen LogP contribution is 2.16. The molecule has 0 radical (unpaired) electrons. The highest BCUT2D eigenvalue weighted by Gasteiger charge is 2.14. The second-order valence-electron chi connectivity index (χ2n) is 6.35. The number of nitro groups is 1. The lowest BCUT2D eigenvalue weighted by molar-refractivity contribution is -0.384. The SMILES string of the molecule is O=C(COC(=O)c1cccc(NC(=O)c2ccc([N+](=O)[O-])cc2)c1)c1ccc(F)cc1. The Morgan fingerprint density at radius 1 is 0.903 bits per heavy atom. The Balaban J connectivity index is 1.61. The van der Waals surface area contributed by atoms with Gasteiger partial charge in [-0.3, -0.25) is 19.7 Å². The molecular formula is C22H15FN2O6. The molecule has 1 N–H and O–H groups in total. The Bertz CT molecular complexity index is 1140. The number of carbonyl (C=O) groups excluding carboxylic acids is 3. The number of halogens is 1. The maximum atomic E-state index is 12.9. The number of Topliss-reactive ketones (excluding diaryl/α,β-unsaturated/α-hetero) is 1. The number of ketones is 1. The van der Waals surface area contributed by atoms with Gasteiger partial charge in [-0.15, -0.1) is 0 Å². The Labute approximate surface area is 175 Å². The molecule has 0 aliphatic rings. The van der Waals surface area contributed by atoms with Gasteiger partial charge in [0.1, 0.15) is 5.82 Å². The monoisotopic (exact) mass is 422 g/mol. The molecule has 0 aliphatic carbocycles. The van der Waals surface area contributed by atoms with E-state index in [0.717, 1.165) is 12.1 Å². The minimum atomic E-state index is -0.776. The van der Waals surface area contributed by atoms with Crippen molar-refractivity contribution in [2.24, 2.45) is 0 Å². The third kappa shape index (κ3) is 5.57. The van der Waals surface area contributed by atoms with Crippen LogP contribution in [0.15, 0.2) is 72.8 Å². The molecule has 0 atom stereocenters. The van der Waals surface area contributed by atoms with Crippen molar-refractivity contribution < 1.29 is 28.4 Å². The Hall–Kier alpha value is -4.40. The number of nitro benzene ring substituents is 1. The molecule has 0 unspecified atom stereocenters. The molecule has 31 heavy (non-hydrogen) atoms. The number of nitrogens with zero attached hydrogens (tertiary/aromatic N) is 1. The van der Waals surface area contributed by atoms with Gasteiger partial charge in [-0.1, -0.05) is 6.07 Å². The van der Waals surface area contributed by atoms with E-state index < -0.39 is 35.0 Å². The van der Waals surface area contributed by atoms with Gasteiger partial charge in [0, 0.05) is 28.9 Å². The van der Waals surface area contributed by atoms with Crippen LogP contribution in [0.2, 0.25) is 0 Å². The third-order valence-corrected chi connectivity index (χ3v) is 4.20. The van der Waals surface area contributed by atoms with Gasteiger partial charge >= 0.3 is 5.97 Å². The topological polar surface area (TPSA) is 116 Å².